The molecule has 0 saturated carbocycles. The van der Waals surface area contributed by atoms with Gasteiger partial charge in [-0.1, -0.05) is 18.2 Å². The summed E-state index contributed by atoms with van der Waals surface area (Å²) >= 11 is 1.89. The Morgan fingerprint density at radius 1 is 1.31 bits per heavy atom. The van der Waals surface area contributed by atoms with Crippen LogP contribution in [0.4, 0.5) is 0 Å². The van der Waals surface area contributed by atoms with Crippen molar-refractivity contribution in [3.8, 4) is 5.75 Å². The van der Waals surface area contributed by atoms with E-state index in [4.69, 9.17) is 9.73 Å². The molecule has 0 amide bonds. The van der Waals surface area contributed by atoms with Crippen LogP contribution in [0.3, 0.4) is 0 Å². The maximum absolute atomic E-state index is 5.78. The smallest absolute Gasteiger partial charge is 0.192 e. The van der Waals surface area contributed by atoms with Crippen molar-refractivity contribution >= 4 is 41.7 Å². The van der Waals surface area contributed by atoms with Crippen molar-refractivity contribution in [2.24, 2.45) is 12.0 Å². The first-order valence-electron chi connectivity index (χ1n) is 9.79. The lowest BCUT2D eigenvalue weighted by atomic mass is 10.0. The lowest BCUT2D eigenvalue weighted by Gasteiger charge is -2.28. The molecule has 1 aromatic carbocycles. The minimum absolute atomic E-state index is 0. The lowest BCUT2D eigenvalue weighted by Crippen LogP contribution is -2.41. The first-order valence-corrected chi connectivity index (χ1v) is 11.2. The number of fused-ring (bicyclic) bond motifs is 1. The molecular formula is C20H31IN6OS. The van der Waals surface area contributed by atoms with Gasteiger partial charge >= 0.3 is 0 Å². The van der Waals surface area contributed by atoms with Crippen LogP contribution in [0.25, 0.3) is 0 Å². The summed E-state index contributed by atoms with van der Waals surface area (Å²) in [5.74, 6) is 4.70. The van der Waals surface area contributed by atoms with Crippen LogP contribution in [-0.4, -0.2) is 45.9 Å². The van der Waals surface area contributed by atoms with E-state index >= 15 is 0 Å². The summed E-state index contributed by atoms with van der Waals surface area (Å²) in [6, 6.07) is 8.39. The van der Waals surface area contributed by atoms with Crippen LogP contribution in [0.1, 0.15) is 42.5 Å². The summed E-state index contributed by atoms with van der Waals surface area (Å²) in [6.45, 7) is 4.04. The number of aromatic nitrogens is 3. The number of nitrogens with zero attached hydrogens (tertiary/aromatic N) is 4. The molecule has 9 heteroatoms. The van der Waals surface area contributed by atoms with Gasteiger partial charge in [0.05, 0.1) is 12.6 Å². The van der Waals surface area contributed by atoms with Crippen LogP contribution in [0.2, 0.25) is 0 Å². The quantitative estimate of drug-likeness (QED) is 0.236. The monoisotopic (exact) mass is 530 g/mol. The van der Waals surface area contributed by atoms with Gasteiger partial charge in [-0.3, -0.25) is 0 Å². The molecule has 1 aromatic heterocycles. The van der Waals surface area contributed by atoms with E-state index in [2.05, 4.69) is 39.2 Å². The number of ether oxygens (including phenoxy) is 1. The highest BCUT2D eigenvalue weighted by Crippen LogP contribution is 2.31. The molecule has 160 valence electrons. The molecule has 1 aliphatic heterocycles. The Hall–Kier alpha value is -1.49. The summed E-state index contributed by atoms with van der Waals surface area (Å²) in [5.41, 5.74) is 1.18. The van der Waals surface area contributed by atoms with Gasteiger partial charge < -0.3 is 19.9 Å². The maximum atomic E-state index is 5.78. The fourth-order valence-corrected chi connectivity index (χ4v) is 3.62. The number of halogens is 1. The Bertz CT molecular complexity index is 797. The molecule has 0 bridgehead atoms. The zero-order valence-electron chi connectivity index (χ0n) is 17.4. The predicted octanol–water partition coefficient (Wildman–Crippen LogP) is 3.44. The zero-order valence-corrected chi connectivity index (χ0v) is 20.5. The Balaban J connectivity index is 0.00000300. The van der Waals surface area contributed by atoms with Gasteiger partial charge in [-0.2, -0.15) is 11.8 Å². The van der Waals surface area contributed by atoms with Gasteiger partial charge in [0, 0.05) is 25.6 Å². The van der Waals surface area contributed by atoms with E-state index in [-0.39, 0.29) is 30.0 Å². The largest absolute Gasteiger partial charge is 0.493 e. The molecule has 0 fully saturated rings. The third-order valence-electron chi connectivity index (χ3n) is 4.90. The van der Waals surface area contributed by atoms with Gasteiger partial charge in [-0.15, -0.1) is 34.2 Å². The van der Waals surface area contributed by atoms with E-state index in [0.717, 1.165) is 42.7 Å². The topological polar surface area (TPSA) is 76.4 Å². The van der Waals surface area contributed by atoms with E-state index in [0.29, 0.717) is 13.2 Å². The molecule has 2 N–H and O–H groups in total. The van der Waals surface area contributed by atoms with Crippen molar-refractivity contribution < 1.29 is 4.74 Å². The van der Waals surface area contributed by atoms with Gasteiger partial charge in [0.25, 0.3) is 0 Å². The van der Waals surface area contributed by atoms with Gasteiger partial charge in [0.2, 0.25) is 0 Å². The lowest BCUT2D eigenvalue weighted by molar-refractivity contribution is 0.261. The second-order valence-electron chi connectivity index (χ2n) is 6.89. The molecule has 0 aliphatic carbocycles. The fraction of sp³-hybridized carbons (Fsp3) is 0.550. The Kier molecular flexibility index (Phi) is 10.1. The number of nitrogens with one attached hydrogen (secondary N) is 2. The number of benzene rings is 1. The van der Waals surface area contributed by atoms with Gasteiger partial charge in [0.15, 0.2) is 11.8 Å². The minimum Gasteiger partial charge on any atom is -0.493 e. The minimum atomic E-state index is 0. The Labute approximate surface area is 194 Å². The van der Waals surface area contributed by atoms with Crippen LogP contribution in [-0.2, 0) is 13.6 Å². The van der Waals surface area contributed by atoms with E-state index < -0.39 is 0 Å². The van der Waals surface area contributed by atoms with Gasteiger partial charge in [-0.05, 0) is 37.8 Å². The van der Waals surface area contributed by atoms with Crippen molar-refractivity contribution in [3.05, 3.63) is 41.5 Å². The highest BCUT2D eigenvalue weighted by Gasteiger charge is 2.22. The standard InChI is InChI=1S/C20H30N6OS.HI/c1-15-24-25-19(26(15)2)14-22-20(21-11-6-7-13-28-3)23-17-10-12-27-18-9-5-4-8-16(17)18;/h4-5,8-9,17H,6-7,10-14H2,1-3H3,(H2,21,22,23);1H. The van der Waals surface area contributed by atoms with Crippen molar-refractivity contribution in [3.63, 3.8) is 0 Å². The van der Waals surface area contributed by atoms with Crippen LogP contribution in [0.5, 0.6) is 5.75 Å². The highest BCUT2D eigenvalue weighted by molar-refractivity contribution is 14.0. The van der Waals surface area contributed by atoms with Gasteiger partial charge in [0.1, 0.15) is 18.1 Å². The highest BCUT2D eigenvalue weighted by atomic mass is 127. The number of aliphatic imine (C=N–C) groups is 1. The normalized spacial score (nSPS) is 15.8. The molecule has 1 aliphatic rings. The number of hydrogen-bond donors (Lipinski definition) is 2. The SMILES string of the molecule is CSCCCCNC(=NCc1nnc(C)n1C)NC1CCOc2ccccc21.I. The second-order valence-corrected chi connectivity index (χ2v) is 7.87. The zero-order chi connectivity index (χ0) is 19.8. The molecule has 2 aromatic rings. The molecule has 1 atom stereocenters. The first kappa shape index (κ1) is 23.8. The number of para-hydroxylation sites is 1. The fourth-order valence-electron chi connectivity index (χ4n) is 3.13. The maximum Gasteiger partial charge on any atom is 0.192 e. The van der Waals surface area contributed by atoms with E-state index in [1.54, 1.807) is 0 Å². The average molecular weight is 530 g/mol. The molecular weight excluding hydrogens is 499 g/mol. The Morgan fingerprint density at radius 2 is 2.14 bits per heavy atom. The molecule has 0 radical (unpaired) electrons. The number of hydrogen-bond acceptors (Lipinski definition) is 5. The number of rotatable bonds is 8. The predicted molar refractivity (Wildman–Crippen MR) is 130 cm³/mol. The summed E-state index contributed by atoms with van der Waals surface area (Å²) in [5, 5.41) is 15.4. The van der Waals surface area contributed by atoms with Crippen LogP contribution in [0, 0.1) is 6.92 Å². The molecule has 0 spiro atoms. The van der Waals surface area contributed by atoms with Crippen molar-refractivity contribution in [1.29, 1.82) is 0 Å². The molecule has 7 nitrogen and oxygen atoms in total. The third-order valence-corrected chi connectivity index (χ3v) is 5.60. The second kappa shape index (κ2) is 12.3. The molecule has 1 unspecified atom stereocenters. The molecule has 3 rings (SSSR count). The van der Waals surface area contributed by atoms with Crippen molar-refractivity contribution in [2.45, 2.75) is 38.8 Å². The van der Waals surface area contributed by atoms with Crippen LogP contribution >= 0.6 is 35.7 Å². The van der Waals surface area contributed by atoms with Gasteiger partial charge in [-0.25, -0.2) is 4.99 Å². The average Bonchev–Trinajstić information content (AvgIpc) is 3.04. The summed E-state index contributed by atoms with van der Waals surface area (Å²) in [4.78, 5) is 4.78. The number of aryl methyl sites for hydroxylation is 1. The number of unbranched alkanes of at least 4 members (excludes halogenated alkanes) is 1. The van der Waals surface area contributed by atoms with E-state index in [1.807, 2.05) is 42.4 Å². The van der Waals surface area contributed by atoms with E-state index in [1.165, 1.54) is 17.7 Å². The molecule has 2 heterocycles. The summed E-state index contributed by atoms with van der Waals surface area (Å²) < 4.78 is 7.76. The van der Waals surface area contributed by atoms with Crippen molar-refractivity contribution in [2.75, 3.05) is 25.2 Å². The Morgan fingerprint density at radius 3 is 2.90 bits per heavy atom. The van der Waals surface area contributed by atoms with Crippen LogP contribution in [0.15, 0.2) is 29.3 Å². The third kappa shape index (κ3) is 6.77. The summed E-state index contributed by atoms with van der Waals surface area (Å²) in [6.07, 6.45) is 5.37. The van der Waals surface area contributed by atoms with E-state index in [9.17, 15) is 0 Å². The summed E-state index contributed by atoms with van der Waals surface area (Å²) in [7, 11) is 1.97. The molecule has 0 saturated heterocycles. The number of guanidine groups is 1. The molecule has 29 heavy (non-hydrogen) atoms. The number of thioether (sulfide) groups is 1. The van der Waals surface area contributed by atoms with Crippen molar-refractivity contribution in [1.82, 2.24) is 25.4 Å². The first-order chi connectivity index (χ1) is 13.7. The van der Waals surface area contributed by atoms with Crippen LogP contribution < -0.4 is 15.4 Å².